The van der Waals surface area contributed by atoms with Crippen molar-refractivity contribution in [1.82, 2.24) is 4.90 Å². The molecule has 1 amide bonds. The normalized spacial score (nSPS) is 10.9. The molecule has 3 aromatic carbocycles. The van der Waals surface area contributed by atoms with E-state index in [2.05, 4.69) is 61.5 Å². The molecule has 0 fully saturated rings. The maximum absolute atomic E-state index is 13.3. The molecule has 0 aliphatic carbocycles. The van der Waals surface area contributed by atoms with E-state index in [1.54, 1.807) is 11.3 Å². The van der Waals surface area contributed by atoms with Crippen LogP contribution in [0, 0.1) is 6.92 Å². The molecular weight excluding hydrogens is 362 g/mol. The summed E-state index contributed by atoms with van der Waals surface area (Å²) in [6.07, 6.45) is 0.768. The van der Waals surface area contributed by atoms with Gasteiger partial charge in [-0.05, 0) is 41.5 Å². The summed E-state index contributed by atoms with van der Waals surface area (Å²) >= 11 is 1.60. The third-order valence-corrected chi connectivity index (χ3v) is 6.20. The summed E-state index contributed by atoms with van der Waals surface area (Å²) in [5.74, 6) is 0.0900. The van der Waals surface area contributed by atoms with E-state index in [0.29, 0.717) is 6.54 Å². The van der Waals surface area contributed by atoms with Crippen molar-refractivity contribution >= 4 is 27.3 Å². The summed E-state index contributed by atoms with van der Waals surface area (Å²) in [5, 5.41) is 1.18. The number of nitrogens with zero attached hydrogens (tertiary/aromatic N) is 1. The van der Waals surface area contributed by atoms with Crippen LogP contribution in [-0.2, 0) is 13.0 Å². The molecular formula is C25H23NOS. The highest BCUT2D eigenvalue weighted by atomic mass is 32.1. The number of hydrogen-bond acceptors (Lipinski definition) is 2. The second kappa shape index (κ2) is 7.99. The Morgan fingerprint density at radius 3 is 2.29 bits per heavy atom. The lowest BCUT2D eigenvalue weighted by Gasteiger charge is -2.17. The molecule has 140 valence electrons. The van der Waals surface area contributed by atoms with E-state index in [1.807, 2.05) is 36.2 Å². The maximum atomic E-state index is 13.3. The van der Waals surface area contributed by atoms with Crippen LogP contribution in [0.15, 0.2) is 78.9 Å². The molecule has 4 rings (SSSR count). The van der Waals surface area contributed by atoms with Crippen molar-refractivity contribution in [3.05, 3.63) is 106 Å². The minimum absolute atomic E-state index is 0.0900. The summed E-state index contributed by atoms with van der Waals surface area (Å²) in [5.41, 5.74) is 4.75. The summed E-state index contributed by atoms with van der Waals surface area (Å²) < 4.78 is 1.17. The van der Waals surface area contributed by atoms with Gasteiger partial charge in [-0.15, -0.1) is 11.3 Å². The number of aryl methyl sites for hydroxylation is 1. The van der Waals surface area contributed by atoms with Gasteiger partial charge >= 0.3 is 0 Å². The van der Waals surface area contributed by atoms with Gasteiger partial charge in [0.25, 0.3) is 5.91 Å². The smallest absolute Gasteiger partial charge is 0.264 e. The van der Waals surface area contributed by atoms with Crippen LogP contribution in [-0.4, -0.2) is 17.9 Å². The van der Waals surface area contributed by atoms with Gasteiger partial charge in [0, 0.05) is 18.3 Å². The Hall–Kier alpha value is -2.91. The second-order valence-electron chi connectivity index (χ2n) is 7.22. The van der Waals surface area contributed by atoms with Crippen molar-refractivity contribution in [2.45, 2.75) is 19.9 Å². The first-order chi connectivity index (χ1) is 13.6. The van der Waals surface area contributed by atoms with Gasteiger partial charge < -0.3 is 4.90 Å². The number of hydrogen-bond donors (Lipinski definition) is 0. The average Bonchev–Trinajstić information content (AvgIpc) is 3.08. The van der Waals surface area contributed by atoms with Crippen molar-refractivity contribution in [2.75, 3.05) is 7.05 Å². The van der Waals surface area contributed by atoms with Gasteiger partial charge in [0.1, 0.15) is 0 Å². The number of carbonyl (C=O) groups excluding carboxylic acids is 1. The van der Waals surface area contributed by atoms with E-state index < -0.39 is 0 Å². The van der Waals surface area contributed by atoms with Crippen LogP contribution >= 0.6 is 11.3 Å². The van der Waals surface area contributed by atoms with Crippen LogP contribution in [0.25, 0.3) is 10.1 Å². The standard InChI is InChI=1S/C25H23NOS/c1-18-12-14-19(15-13-18)16-22-21-10-6-7-11-23(21)28-24(22)25(27)26(2)17-20-8-4-3-5-9-20/h3-15H,16-17H2,1-2H3. The Kier molecular flexibility index (Phi) is 5.27. The van der Waals surface area contributed by atoms with Gasteiger partial charge in [0.05, 0.1) is 4.88 Å². The molecule has 0 bridgehead atoms. The van der Waals surface area contributed by atoms with Crippen LogP contribution in [0.2, 0.25) is 0 Å². The molecule has 0 spiro atoms. The topological polar surface area (TPSA) is 20.3 Å². The summed E-state index contributed by atoms with van der Waals surface area (Å²) in [7, 11) is 1.88. The van der Waals surface area contributed by atoms with E-state index in [4.69, 9.17) is 0 Å². The number of fused-ring (bicyclic) bond motifs is 1. The minimum Gasteiger partial charge on any atom is -0.337 e. The fourth-order valence-electron chi connectivity index (χ4n) is 3.46. The number of thiophene rings is 1. The van der Waals surface area contributed by atoms with Gasteiger partial charge in [0.15, 0.2) is 0 Å². The van der Waals surface area contributed by atoms with Gasteiger partial charge in [-0.2, -0.15) is 0 Å². The van der Waals surface area contributed by atoms with E-state index in [9.17, 15) is 4.79 Å². The van der Waals surface area contributed by atoms with E-state index in [1.165, 1.54) is 21.2 Å². The highest BCUT2D eigenvalue weighted by molar-refractivity contribution is 7.21. The predicted molar refractivity (Wildman–Crippen MR) is 118 cm³/mol. The SMILES string of the molecule is Cc1ccc(Cc2c(C(=O)N(C)Cc3ccccc3)sc3ccccc23)cc1. The molecule has 0 aliphatic rings. The Labute approximate surface area is 170 Å². The van der Waals surface area contributed by atoms with Gasteiger partial charge in [-0.1, -0.05) is 78.4 Å². The largest absolute Gasteiger partial charge is 0.337 e. The van der Waals surface area contributed by atoms with Gasteiger partial charge in [-0.25, -0.2) is 0 Å². The number of benzene rings is 3. The van der Waals surface area contributed by atoms with Crippen molar-refractivity contribution in [3.8, 4) is 0 Å². The number of rotatable bonds is 5. The molecule has 0 unspecified atom stereocenters. The van der Waals surface area contributed by atoms with Crippen molar-refractivity contribution < 1.29 is 4.79 Å². The predicted octanol–water partition coefficient (Wildman–Crippen LogP) is 6.07. The molecule has 28 heavy (non-hydrogen) atoms. The lowest BCUT2D eigenvalue weighted by atomic mass is 10.0. The molecule has 1 aromatic heterocycles. The van der Waals surface area contributed by atoms with Gasteiger partial charge in [0.2, 0.25) is 0 Å². The summed E-state index contributed by atoms with van der Waals surface area (Å²) in [4.78, 5) is 16.0. The molecule has 0 atom stereocenters. The third-order valence-electron chi connectivity index (χ3n) is 5.00. The third kappa shape index (κ3) is 3.85. The molecule has 3 heteroatoms. The fourth-order valence-corrected chi connectivity index (χ4v) is 4.68. The first-order valence-electron chi connectivity index (χ1n) is 9.47. The highest BCUT2D eigenvalue weighted by Gasteiger charge is 2.21. The van der Waals surface area contributed by atoms with E-state index in [0.717, 1.165) is 22.4 Å². The molecule has 0 N–H and O–H groups in total. The molecule has 0 saturated heterocycles. The fraction of sp³-hybridized carbons (Fsp3) is 0.160. The van der Waals surface area contributed by atoms with Crippen LogP contribution in [0.5, 0.6) is 0 Å². The summed E-state index contributed by atoms with van der Waals surface area (Å²) in [6.45, 7) is 2.70. The van der Waals surface area contributed by atoms with E-state index >= 15 is 0 Å². The minimum atomic E-state index is 0.0900. The zero-order valence-corrected chi connectivity index (χ0v) is 17.0. The number of amides is 1. The van der Waals surface area contributed by atoms with Crippen LogP contribution in [0.3, 0.4) is 0 Å². The Morgan fingerprint density at radius 1 is 0.857 bits per heavy atom. The molecule has 4 aromatic rings. The monoisotopic (exact) mass is 385 g/mol. The molecule has 0 radical (unpaired) electrons. The Morgan fingerprint density at radius 2 is 1.54 bits per heavy atom. The first-order valence-corrected chi connectivity index (χ1v) is 10.3. The summed E-state index contributed by atoms with van der Waals surface area (Å²) in [6, 6.07) is 27.0. The van der Waals surface area contributed by atoms with Crippen LogP contribution < -0.4 is 0 Å². The highest BCUT2D eigenvalue weighted by Crippen LogP contribution is 2.34. The quantitative estimate of drug-likeness (QED) is 0.408. The van der Waals surface area contributed by atoms with Gasteiger partial charge in [-0.3, -0.25) is 4.79 Å². The Balaban J connectivity index is 1.69. The lowest BCUT2D eigenvalue weighted by Crippen LogP contribution is -2.26. The lowest BCUT2D eigenvalue weighted by molar-refractivity contribution is 0.0789. The molecule has 2 nitrogen and oxygen atoms in total. The first kappa shape index (κ1) is 18.5. The zero-order chi connectivity index (χ0) is 19.5. The maximum Gasteiger partial charge on any atom is 0.264 e. The number of carbonyl (C=O) groups is 1. The average molecular weight is 386 g/mol. The van der Waals surface area contributed by atoms with Crippen molar-refractivity contribution in [3.63, 3.8) is 0 Å². The molecule has 1 heterocycles. The zero-order valence-electron chi connectivity index (χ0n) is 16.2. The molecule has 0 saturated carbocycles. The second-order valence-corrected chi connectivity index (χ2v) is 8.27. The van der Waals surface area contributed by atoms with Crippen LogP contribution in [0.1, 0.15) is 31.9 Å². The Bertz CT molecular complexity index is 1100. The van der Waals surface area contributed by atoms with Crippen molar-refractivity contribution in [2.24, 2.45) is 0 Å². The molecule has 0 aliphatic heterocycles. The van der Waals surface area contributed by atoms with Crippen LogP contribution in [0.4, 0.5) is 0 Å². The van der Waals surface area contributed by atoms with Crippen molar-refractivity contribution in [1.29, 1.82) is 0 Å². The van der Waals surface area contributed by atoms with E-state index in [-0.39, 0.29) is 5.91 Å².